The third-order valence-corrected chi connectivity index (χ3v) is 6.89. The molecule has 0 radical (unpaired) electrons. The Morgan fingerprint density at radius 2 is 1.76 bits per heavy atom. The standard InChI is InChI=1S/C24H20Cl2N4O3S/c1-16-27-28-24(30(16)19-8-3-2-4-9-19)34-23(14-29(31)32)17-11-12-22(21(26)13-17)33-15-18-7-5-6-10-20(18)25/h2-13,23H,14-15H2,1H3/t23-/m0/s1. The zero-order valence-electron chi connectivity index (χ0n) is 18.1. The fourth-order valence-electron chi connectivity index (χ4n) is 3.37. The first-order chi connectivity index (χ1) is 16.4. The van der Waals surface area contributed by atoms with E-state index in [-0.39, 0.29) is 18.1 Å². The molecule has 0 N–H and O–H groups in total. The fourth-order valence-corrected chi connectivity index (χ4v) is 4.97. The van der Waals surface area contributed by atoms with E-state index in [9.17, 15) is 10.1 Å². The predicted octanol–water partition coefficient (Wildman–Crippen LogP) is 6.57. The van der Waals surface area contributed by atoms with Gasteiger partial charge in [-0.25, -0.2) is 0 Å². The number of para-hydroxylation sites is 1. The van der Waals surface area contributed by atoms with Gasteiger partial charge in [-0.3, -0.25) is 14.7 Å². The molecule has 0 fully saturated rings. The van der Waals surface area contributed by atoms with E-state index in [1.807, 2.05) is 60.0 Å². The summed E-state index contributed by atoms with van der Waals surface area (Å²) in [6.07, 6.45) is 0. The number of benzene rings is 3. The van der Waals surface area contributed by atoms with E-state index in [0.717, 1.165) is 11.3 Å². The van der Waals surface area contributed by atoms with Crippen molar-refractivity contribution >= 4 is 35.0 Å². The lowest BCUT2D eigenvalue weighted by Gasteiger charge is -2.16. The minimum Gasteiger partial charge on any atom is -0.487 e. The molecule has 7 nitrogen and oxygen atoms in total. The number of halogens is 2. The van der Waals surface area contributed by atoms with Crippen LogP contribution in [0.25, 0.3) is 5.69 Å². The van der Waals surface area contributed by atoms with E-state index in [4.69, 9.17) is 27.9 Å². The van der Waals surface area contributed by atoms with Gasteiger partial charge in [-0.2, -0.15) is 0 Å². The summed E-state index contributed by atoms with van der Waals surface area (Å²) >= 11 is 13.9. The van der Waals surface area contributed by atoms with Crippen LogP contribution in [0, 0.1) is 17.0 Å². The lowest BCUT2D eigenvalue weighted by Crippen LogP contribution is -2.11. The quantitative estimate of drug-likeness (QED) is 0.142. The summed E-state index contributed by atoms with van der Waals surface area (Å²) < 4.78 is 7.71. The van der Waals surface area contributed by atoms with E-state index in [1.54, 1.807) is 24.3 Å². The number of rotatable bonds is 9. The van der Waals surface area contributed by atoms with Crippen molar-refractivity contribution in [3.63, 3.8) is 0 Å². The normalized spacial score (nSPS) is 11.9. The maximum atomic E-state index is 11.5. The number of hydrogen-bond donors (Lipinski definition) is 0. The van der Waals surface area contributed by atoms with Crippen molar-refractivity contribution in [3.8, 4) is 11.4 Å². The van der Waals surface area contributed by atoms with E-state index in [0.29, 0.717) is 32.3 Å². The van der Waals surface area contributed by atoms with Crippen molar-refractivity contribution in [2.45, 2.75) is 23.9 Å². The Balaban J connectivity index is 1.57. The van der Waals surface area contributed by atoms with Gasteiger partial charge < -0.3 is 4.74 Å². The molecule has 0 bridgehead atoms. The minimum absolute atomic E-state index is 0.255. The lowest BCUT2D eigenvalue weighted by molar-refractivity contribution is -0.479. The van der Waals surface area contributed by atoms with Crippen LogP contribution in [0.4, 0.5) is 0 Å². The molecule has 174 valence electrons. The van der Waals surface area contributed by atoms with Crippen LogP contribution in [0.3, 0.4) is 0 Å². The van der Waals surface area contributed by atoms with E-state index in [2.05, 4.69) is 10.2 Å². The summed E-state index contributed by atoms with van der Waals surface area (Å²) in [5.74, 6) is 1.16. The van der Waals surface area contributed by atoms with E-state index in [1.165, 1.54) is 11.8 Å². The number of ether oxygens (including phenoxy) is 1. The topological polar surface area (TPSA) is 83.1 Å². The fraction of sp³-hybridized carbons (Fsp3) is 0.167. The molecule has 0 amide bonds. The van der Waals surface area contributed by atoms with Crippen molar-refractivity contribution < 1.29 is 9.66 Å². The van der Waals surface area contributed by atoms with Crippen LogP contribution >= 0.6 is 35.0 Å². The first-order valence-electron chi connectivity index (χ1n) is 10.3. The molecule has 1 heterocycles. The number of nitrogens with zero attached hydrogens (tertiary/aromatic N) is 4. The summed E-state index contributed by atoms with van der Waals surface area (Å²) in [7, 11) is 0. The maximum absolute atomic E-state index is 11.5. The summed E-state index contributed by atoms with van der Waals surface area (Å²) in [4.78, 5) is 11.1. The Labute approximate surface area is 210 Å². The highest BCUT2D eigenvalue weighted by atomic mass is 35.5. The molecule has 34 heavy (non-hydrogen) atoms. The first-order valence-corrected chi connectivity index (χ1v) is 12.0. The lowest BCUT2D eigenvalue weighted by atomic mass is 10.1. The van der Waals surface area contributed by atoms with Gasteiger partial charge in [-0.05, 0) is 42.8 Å². The second-order valence-electron chi connectivity index (χ2n) is 7.39. The van der Waals surface area contributed by atoms with Crippen LogP contribution in [0.2, 0.25) is 10.0 Å². The third kappa shape index (κ3) is 5.70. The molecule has 1 aromatic heterocycles. The highest BCUT2D eigenvalue weighted by Crippen LogP contribution is 2.38. The van der Waals surface area contributed by atoms with Crippen molar-refractivity contribution in [2.24, 2.45) is 0 Å². The average Bonchev–Trinajstić information content (AvgIpc) is 3.19. The molecule has 0 aliphatic rings. The maximum Gasteiger partial charge on any atom is 0.220 e. The van der Waals surface area contributed by atoms with Crippen LogP contribution in [0.5, 0.6) is 5.75 Å². The van der Waals surface area contributed by atoms with Crippen LogP contribution in [0.15, 0.2) is 78.0 Å². The Morgan fingerprint density at radius 3 is 2.47 bits per heavy atom. The predicted molar refractivity (Wildman–Crippen MR) is 134 cm³/mol. The van der Waals surface area contributed by atoms with Crippen LogP contribution < -0.4 is 4.74 Å². The number of aryl methyl sites for hydroxylation is 1. The van der Waals surface area contributed by atoms with Crippen molar-refractivity contribution in [2.75, 3.05) is 6.54 Å². The minimum atomic E-state index is -0.531. The zero-order valence-corrected chi connectivity index (χ0v) is 20.4. The molecule has 0 unspecified atom stereocenters. The molecule has 0 aliphatic heterocycles. The van der Waals surface area contributed by atoms with Gasteiger partial charge >= 0.3 is 0 Å². The van der Waals surface area contributed by atoms with E-state index >= 15 is 0 Å². The molecule has 10 heteroatoms. The highest BCUT2D eigenvalue weighted by Gasteiger charge is 2.24. The van der Waals surface area contributed by atoms with Crippen molar-refractivity contribution in [1.82, 2.24) is 14.8 Å². The summed E-state index contributed by atoms with van der Waals surface area (Å²) in [6.45, 7) is 1.79. The molecule has 0 spiro atoms. The van der Waals surface area contributed by atoms with Gasteiger partial charge in [0.25, 0.3) is 0 Å². The van der Waals surface area contributed by atoms with Gasteiger partial charge in [-0.15, -0.1) is 10.2 Å². The highest BCUT2D eigenvalue weighted by molar-refractivity contribution is 7.99. The van der Waals surface area contributed by atoms with Crippen molar-refractivity contribution in [3.05, 3.63) is 110 Å². The molecular weight excluding hydrogens is 495 g/mol. The Hall–Kier alpha value is -3.07. The van der Waals surface area contributed by atoms with Gasteiger partial charge in [0, 0.05) is 21.2 Å². The number of hydrogen-bond acceptors (Lipinski definition) is 6. The SMILES string of the molecule is Cc1nnc(S[C@@H](C[N+](=O)[O-])c2ccc(OCc3ccccc3Cl)c(Cl)c2)n1-c1ccccc1. The molecule has 1 atom stereocenters. The van der Waals surface area contributed by atoms with Gasteiger partial charge in [0.05, 0.1) is 5.02 Å². The number of aromatic nitrogens is 3. The smallest absolute Gasteiger partial charge is 0.220 e. The Kier molecular flexibility index (Phi) is 7.72. The second kappa shape index (κ2) is 10.9. The summed E-state index contributed by atoms with van der Waals surface area (Å²) in [5.41, 5.74) is 2.41. The van der Waals surface area contributed by atoms with Gasteiger partial charge in [0.2, 0.25) is 6.54 Å². The number of nitro groups is 1. The Bertz CT molecular complexity index is 1300. The van der Waals surface area contributed by atoms with Crippen molar-refractivity contribution in [1.29, 1.82) is 0 Å². The average molecular weight is 515 g/mol. The molecule has 0 saturated heterocycles. The molecule has 0 saturated carbocycles. The summed E-state index contributed by atoms with van der Waals surface area (Å²) in [6, 6.07) is 22.2. The molecular formula is C24H20Cl2N4O3S. The van der Waals surface area contributed by atoms with Gasteiger partial charge in [-0.1, -0.05) is 77.4 Å². The van der Waals surface area contributed by atoms with Crippen LogP contribution in [-0.2, 0) is 6.61 Å². The summed E-state index contributed by atoms with van der Waals surface area (Å²) in [5, 5.41) is 20.9. The molecule has 4 rings (SSSR count). The first kappa shape index (κ1) is 24.1. The van der Waals surface area contributed by atoms with E-state index < -0.39 is 5.25 Å². The van der Waals surface area contributed by atoms with Crippen LogP contribution in [0.1, 0.15) is 22.2 Å². The molecule has 3 aromatic carbocycles. The van der Waals surface area contributed by atoms with Gasteiger partial charge in [0.15, 0.2) is 5.16 Å². The monoisotopic (exact) mass is 514 g/mol. The second-order valence-corrected chi connectivity index (χ2v) is 9.38. The zero-order chi connectivity index (χ0) is 24.1. The third-order valence-electron chi connectivity index (χ3n) is 5.04. The largest absolute Gasteiger partial charge is 0.487 e. The number of thioether (sulfide) groups is 1. The Morgan fingerprint density at radius 1 is 1.03 bits per heavy atom. The van der Waals surface area contributed by atoms with Gasteiger partial charge in [0.1, 0.15) is 23.4 Å². The molecule has 0 aliphatic carbocycles. The van der Waals surface area contributed by atoms with Crippen LogP contribution in [-0.4, -0.2) is 26.2 Å². The molecule has 4 aromatic rings.